The average molecular weight is 210 g/mol. The molecule has 1 aliphatic rings. The third kappa shape index (κ3) is 1.91. The summed E-state index contributed by atoms with van der Waals surface area (Å²) in [5, 5.41) is 0. The first-order valence-corrected chi connectivity index (χ1v) is 4.97. The van der Waals surface area contributed by atoms with Gasteiger partial charge in [0.05, 0.1) is 0 Å². The number of halogens is 2. The SMILES string of the molecule is CC(F)(F)C(=O)C1Cc2ccccc2C1. The van der Waals surface area contributed by atoms with Crippen LogP contribution in [0.2, 0.25) is 0 Å². The first-order valence-electron chi connectivity index (χ1n) is 4.97. The molecular formula is C12H12F2O. The van der Waals surface area contributed by atoms with Gasteiger partial charge in [-0.2, -0.15) is 8.78 Å². The summed E-state index contributed by atoms with van der Waals surface area (Å²) in [6, 6.07) is 7.54. The summed E-state index contributed by atoms with van der Waals surface area (Å²) in [5.41, 5.74) is 2.06. The van der Waals surface area contributed by atoms with Crippen LogP contribution in [0.4, 0.5) is 8.78 Å². The number of carbonyl (C=O) groups is 1. The van der Waals surface area contributed by atoms with E-state index in [0.717, 1.165) is 11.1 Å². The second kappa shape index (κ2) is 3.40. The Bertz CT molecular complexity index is 368. The Kier molecular flexibility index (Phi) is 2.33. The fraction of sp³-hybridized carbons (Fsp3) is 0.417. The second-order valence-corrected chi connectivity index (χ2v) is 4.13. The van der Waals surface area contributed by atoms with Gasteiger partial charge in [-0.1, -0.05) is 24.3 Å². The zero-order valence-corrected chi connectivity index (χ0v) is 8.47. The summed E-state index contributed by atoms with van der Waals surface area (Å²) in [6.45, 7) is 0.679. The van der Waals surface area contributed by atoms with E-state index in [1.165, 1.54) is 0 Å². The van der Waals surface area contributed by atoms with Crippen molar-refractivity contribution in [2.75, 3.05) is 0 Å². The van der Waals surface area contributed by atoms with Crippen molar-refractivity contribution in [3.05, 3.63) is 35.4 Å². The maximum Gasteiger partial charge on any atom is 0.302 e. The summed E-state index contributed by atoms with van der Waals surface area (Å²) in [5.74, 6) is -4.67. The number of alkyl halides is 2. The molecule has 0 saturated carbocycles. The van der Waals surface area contributed by atoms with Gasteiger partial charge in [0.2, 0.25) is 5.78 Å². The number of carbonyl (C=O) groups excluding carboxylic acids is 1. The standard InChI is InChI=1S/C12H12F2O/c1-12(13,14)11(15)10-6-8-4-2-3-5-9(8)7-10/h2-5,10H,6-7H2,1H3. The molecule has 80 valence electrons. The molecule has 0 bridgehead atoms. The van der Waals surface area contributed by atoms with Gasteiger partial charge in [0.15, 0.2) is 0 Å². The summed E-state index contributed by atoms with van der Waals surface area (Å²) < 4.78 is 25.7. The molecule has 0 aromatic heterocycles. The molecule has 0 heterocycles. The zero-order chi connectivity index (χ0) is 11.1. The van der Waals surface area contributed by atoms with Crippen molar-refractivity contribution in [3.63, 3.8) is 0 Å². The lowest BCUT2D eigenvalue weighted by Crippen LogP contribution is -2.32. The van der Waals surface area contributed by atoms with Gasteiger partial charge in [0, 0.05) is 12.8 Å². The molecular weight excluding hydrogens is 198 g/mol. The number of fused-ring (bicyclic) bond motifs is 1. The molecule has 0 unspecified atom stereocenters. The normalized spacial score (nSPS) is 16.5. The van der Waals surface area contributed by atoms with E-state index >= 15 is 0 Å². The van der Waals surface area contributed by atoms with Crippen LogP contribution >= 0.6 is 0 Å². The number of hydrogen-bond donors (Lipinski definition) is 0. The molecule has 0 saturated heterocycles. The van der Waals surface area contributed by atoms with Crippen molar-refractivity contribution >= 4 is 5.78 Å². The molecule has 1 nitrogen and oxygen atoms in total. The number of rotatable bonds is 2. The van der Waals surface area contributed by atoms with Crippen LogP contribution in [-0.4, -0.2) is 11.7 Å². The quantitative estimate of drug-likeness (QED) is 0.733. The topological polar surface area (TPSA) is 17.1 Å². The van der Waals surface area contributed by atoms with Crippen molar-refractivity contribution in [2.45, 2.75) is 25.7 Å². The Balaban J connectivity index is 2.17. The Labute approximate surface area is 87.1 Å². The van der Waals surface area contributed by atoms with E-state index in [0.29, 0.717) is 19.8 Å². The van der Waals surface area contributed by atoms with Gasteiger partial charge >= 0.3 is 5.92 Å². The monoisotopic (exact) mass is 210 g/mol. The molecule has 2 rings (SSSR count). The molecule has 0 radical (unpaired) electrons. The van der Waals surface area contributed by atoms with Gasteiger partial charge in [-0.15, -0.1) is 0 Å². The summed E-state index contributed by atoms with van der Waals surface area (Å²) in [7, 11) is 0. The van der Waals surface area contributed by atoms with E-state index < -0.39 is 17.6 Å². The van der Waals surface area contributed by atoms with Crippen LogP contribution < -0.4 is 0 Å². The Morgan fingerprint density at radius 1 is 1.27 bits per heavy atom. The van der Waals surface area contributed by atoms with E-state index in [4.69, 9.17) is 0 Å². The summed E-state index contributed by atoms with van der Waals surface area (Å²) >= 11 is 0. The van der Waals surface area contributed by atoms with Crippen LogP contribution in [0.5, 0.6) is 0 Å². The van der Waals surface area contributed by atoms with Crippen LogP contribution in [0.25, 0.3) is 0 Å². The molecule has 1 aliphatic carbocycles. The minimum absolute atomic E-state index is 0.457. The highest BCUT2D eigenvalue weighted by atomic mass is 19.3. The molecule has 0 atom stereocenters. The second-order valence-electron chi connectivity index (χ2n) is 4.13. The maximum absolute atomic E-state index is 12.8. The fourth-order valence-corrected chi connectivity index (χ4v) is 2.10. The maximum atomic E-state index is 12.8. The Morgan fingerprint density at radius 3 is 2.13 bits per heavy atom. The third-order valence-corrected chi connectivity index (χ3v) is 2.85. The predicted octanol–water partition coefficient (Wildman–Crippen LogP) is 2.63. The molecule has 0 spiro atoms. The highest BCUT2D eigenvalue weighted by Crippen LogP contribution is 2.31. The zero-order valence-electron chi connectivity index (χ0n) is 8.47. The first-order chi connectivity index (χ1) is 6.98. The fourth-order valence-electron chi connectivity index (χ4n) is 2.10. The van der Waals surface area contributed by atoms with E-state index in [9.17, 15) is 13.6 Å². The van der Waals surface area contributed by atoms with Crippen molar-refractivity contribution in [2.24, 2.45) is 5.92 Å². The summed E-state index contributed by atoms with van der Waals surface area (Å²) in [4.78, 5) is 11.4. The van der Waals surface area contributed by atoms with Crippen LogP contribution in [0.1, 0.15) is 18.1 Å². The van der Waals surface area contributed by atoms with Gasteiger partial charge in [-0.05, 0) is 24.0 Å². The van der Waals surface area contributed by atoms with Crippen molar-refractivity contribution in [1.82, 2.24) is 0 Å². The minimum atomic E-state index is -3.20. The highest BCUT2D eigenvalue weighted by molar-refractivity contribution is 5.88. The van der Waals surface area contributed by atoms with Crippen LogP contribution in [0.3, 0.4) is 0 Å². The van der Waals surface area contributed by atoms with Gasteiger partial charge in [0.1, 0.15) is 0 Å². The van der Waals surface area contributed by atoms with Crippen LogP contribution in [-0.2, 0) is 17.6 Å². The number of hydrogen-bond acceptors (Lipinski definition) is 1. The van der Waals surface area contributed by atoms with E-state index in [2.05, 4.69) is 0 Å². The number of benzene rings is 1. The van der Waals surface area contributed by atoms with Crippen LogP contribution in [0.15, 0.2) is 24.3 Å². The molecule has 0 amide bonds. The third-order valence-electron chi connectivity index (χ3n) is 2.85. The first kappa shape index (κ1) is 10.3. The smallest absolute Gasteiger partial charge is 0.293 e. The number of Topliss-reactive ketones (excluding diaryl/α,β-unsaturated/α-hetero) is 1. The van der Waals surface area contributed by atoms with Crippen molar-refractivity contribution < 1.29 is 13.6 Å². The predicted molar refractivity (Wildman–Crippen MR) is 53.0 cm³/mol. The van der Waals surface area contributed by atoms with Gasteiger partial charge < -0.3 is 0 Å². The molecule has 1 aromatic rings. The van der Waals surface area contributed by atoms with Gasteiger partial charge in [-0.25, -0.2) is 0 Å². The van der Waals surface area contributed by atoms with Gasteiger partial charge in [-0.3, -0.25) is 4.79 Å². The lowest BCUT2D eigenvalue weighted by atomic mass is 9.97. The number of ketones is 1. The summed E-state index contributed by atoms with van der Waals surface area (Å²) in [6.07, 6.45) is 0.914. The van der Waals surface area contributed by atoms with Crippen molar-refractivity contribution in [3.8, 4) is 0 Å². The molecule has 3 heteroatoms. The van der Waals surface area contributed by atoms with E-state index in [1.54, 1.807) is 0 Å². The largest absolute Gasteiger partial charge is 0.302 e. The molecule has 0 aliphatic heterocycles. The molecule has 0 N–H and O–H groups in total. The van der Waals surface area contributed by atoms with Gasteiger partial charge in [0.25, 0.3) is 0 Å². The van der Waals surface area contributed by atoms with E-state index in [1.807, 2.05) is 24.3 Å². The van der Waals surface area contributed by atoms with Crippen LogP contribution in [0, 0.1) is 5.92 Å². The van der Waals surface area contributed by atoms with E-state index in [-0.39, 0.29) is 0 Å². The Hall–Kier alpha value is -1.25. The lowest BCUT2D eigenvalue weighted by molar-refractivity contribution is -0.144. The Morgan fingerprint density at radius 2 is 1.73 bits per heavy atom. The highest BCUT2D eigenvalue weighted by Gasteiger charge is 2.40. The van der Waals surface area contributed by atoms with Crippen molar-refractivity contribution in [1.29, 1.82) is 0 Å². The molecule has 0 fully saturated rings. The molecule has 15 heavy (non-hydrogen) atoms. The average Bonchev–Trinajstić information content (AvgIpc) is 2.58. The minimum Gasteiger partial charge on any atom is -0.293 e. The lowest BCUT2D eigenvalue weighted by Gasteiger charge is -2.13. The molecule has 1 aromatic carbocycles.